The molecule has 0 heterocycles. The highest BCUT2D eigenvalue weighted by Crippen LogP contribution is 2.11. The van der Waals surface area contributed by atoms with E-state index in [1.54, 1.807) is 32.0 Å². The van der Waals surface area contributed by atoms with Crippen LogP contribution in [0.4, 0.5) is 5.69 Å². The van der Waals surface area contributed by atoms with Crippen LogP contribution < -0.4 is 16.4 Å². The minimum Gasteiger partial charge on any atom is -0.368 e. The topological polar surface area (TPSA) is 101 Å². The van der Waals surface area contributed by atoms with Crippen molar-refractivity contribution >= 4 is 23.4 Å². The average molecular weight is 263 g/mol. The Balaban J connectivity index is 2.74. The summed E-state index contributed by atoms with van der Waals surface area (Å²) in [5.41, 5.74) is 5.82. The number of hydrogen-bond acceptors (Lipinski definition) is 3. The lowest BCUT2D eigenvalue weighted by molar-refractivity contribution is -0.119. The van der Waals surface area contributed by atoms with Gasteiger partial charge < -0.3 is 16.4 Å². The lowest BCUT2D eigenvalue weighted by atomic mass is 10.1. The van der Waals surface area contributed by atoms with Crippen molar-refractivity contribution in [2.24, 2.45) is 11.7 Å². The number of anilines is 1. The summed E-state index contributed by atoms with van der Waals surface area (Å²) in [6, 6.07) is 6.46. The lowest BCUT2D eigenvalue weighted by Crippen LogP contribution is -2.33. The van der Waals surface area contributed by atoms with Crippen molar-refractivity contribution in [3.63, 3.8) is 0 Å². The van der Waals surface area contributed by atoms with Crippen LogP contribution in [0.3, 0.4) is 0 Å². The van der Waals surface area contributed by atoms with E-state index < -0.39 is 11.8 Å². The molecule has 6 heteroatoms. The number of carbonyl (C=O) groups is 3. The highest BCUT2D eigenvalue weighted by molar-refractivity contribution is 5.98. The molecule has 19 heavy (non-hydrogen) atoms. The minimum atomic E-state index is -0.613. The zero-order chi connectivity index (χ0) is 14.4. The SMILES string of the molecule is CC(C)C(=O)Nc1cccc(C(=O)NCC(N)=O)c1. The van der Waals surface area contributed by atoms with Crippen LogP contribution in [0.15, 0.2) is 24.3 Å². The van der Waals surface area contributed by atoms with E-state index in [1.807, 2.05) is 0 Å². The molecular weight excluding hydrogens is 246 g/mol. The number of carbonyl (C=O) groups excluding carboxylic acids is 3. The Labute approximate surface area is 111 Å². The van der Waals surface area contributed by atoms with Gasteiger partial charge in [-0.15, -0.1) is 0 Å². The molecule has 0 aromatic heterocycles. The monoisotopic (exact) mass is 263 g/mol. The quantitative estimate of drug-likeness (QED) is 0.720. The van der Waals surface area contributed by atoms with Crippen LogP contribution in [0.5, 0.6) is 0 Å². The van der Waals surface area contributed by atoms with Gasteiger partial charge in [0.15, 0.2) is 0 Å². The fraction of sp³-hybridized carbons (Fsp3) is 0.308. The van der Waals surface area contributed by atoms with Gasteiger partial charge in [-0.2, -0.15) is 0 Å². The van der Waals surface area contributed by atoms with Crippen LogP contribution in [0, 0.1) is 5.92 Å². The van der Waals surface area contributed by atoms with Gasteiger partial charge in [-0.25, -0.2) is 0 Å². The van der Waals surface area contributed by atoms with Crippen molar-refractivity contribution in [3.8, 4) is 0 Å². The maximum atomic E-state index is 11.7. The van der Waals surface area contributed by atoms with Crippen LogP contribution in [0.1, 0.15) is 24.2 Å². The van der Waals surface area contributed by atoms with Gasteiger partial charge in [-0.05, 0) is 18.2 Å². The van der Waals surface area contributed by atoms with Crippen LogP contribution in [-0.2, 0) is 9.59 Å². The molecule has 0 radical (unpaired) electrons. The van der Waals surface area contributed by atoms with Crippen molar-refractivity contribution in [2.75, 3.05) is 11.9 Å². The first kappa shape index (κ1) is 14.7. The summed E-state index contributed by atoms with van der Waals surface area (Å²) in [6.07, 6.45) is 0. The third kappa shape index (κ3) is 4.79. The van der Waals surface area contributed by atoms with Gasteiger partial charge >= 0.3 is 0 Å². The van der Waals surface area contributed by atoms with E-state index in [-0.39, 0.29) is 18.4 Å². The molecule has 1 rings (SSSR count). The number of amides is 3. The van der Waals surface area contributed by atoms with E-state index >= 15 is 0 Å². The third-order valence-corrected chi connectivity index (χ3v) is 2.34. The van der Waals surface area contributed by atoms with E-state index in [9.17, 15) is 14.4 Å². The number of benzene rings is 1. The second kappa shape index (κ2) is 6.53. The number of hydrogen-bond donors (Lipinski definition) is 3. The molecule has 0 fully saturated rings. The molecule has 0 saturated heterocycles. The smallest absolute Gasteiger partial charge is 0.251 e. The molecular formula is C13H17N3O3. The molecule has 102 valence electrons. The summed E-state index contributed by atoms with van der Waals surface area (Å²) in [6.45, 7) is 3.33. The molecule has 6 nitrogen and oxygen atoms in total. The van der Waals surface area contributed by atoms with Crippen molar-refractivity contribution in [1.29, 1.82) is 0 Å². The Morgan fingerprint density at radius 2 is 1.95 bits per heavy atom. The molecule has 0 saturated carbocycles. The first-order valence-corrected chi connectivity index (χ1v) is 5.87. The van der Waals surface area contributed by atoms with Crippen molar-refractivity contribution < 1.29 is 14.4 Å². The molecule has 4 N–H and O–H groups in total. The zero-order valence-electron chi connectivity index (χ0n) is 10.9. The van der Waals surface area contributed by atoms with Gasteiger partial charge in [0.25, 0.3) is 5.91 Å². The second-order valence-electron chi connectivity index (χ2n) is 4.37. The summed E-state index contributed by atoms with van der Waals surface area (Å²) >= 11 is 0. The molecule has 0 aliphatic carbocycles. The second-order valence-corrected chi connectivity index (χ2v) is 4.37. The third-order valence-electron chi connectivity index (χ3n) is 2.34. The van der Waals surface area contributed by atoms with E-state index in [2.05, 4.69) is 10.6 Å². The minimum absolute atomic E-state index is 0.130. The molecule has 0 bridgehead atoms. The van der Waals surface area contributed by atoms with Gasteiger partial charge in [0.2, 0.25) is 11.8 Å². The summed E-state index contributed by atoms with van der Waals surface area (Å²) in [4.78, 5) is 33.8. The highest BCUT2D eigenvalue weighted by atomic mass is 16.2. The summed E-state index contributed by atoms with van der Waals surface area (Å²) in [7, 11) is 0. The van der Waals surface area contributed by atoms with Gasteiger partial charge in [-0.1, -0.05) is 19.9 Å². The molecule has 0 aliphatic rings. The Hall–Kier alpha value is -2.37. The first-order chi connectivity index (χ1) is 8.90. The molecule has 1 aromatic carbocycles. The number of primary amides is 1. The average Bonchev–Trinajstić information content (AvgIpc) is 2.36. The summed E-state index contributed by atoms with van der Waals surface area (Å²) in [5, 5.41) is 5.07. The maximum Gasteiger partial charge on any atom is 0.251 e. The largest absolute Gasteiger partial charge is 0.368 e. The Morgan fingerprint density at radius 3 is 2.53 bits per heavy atom. The van der Waals surface area contributed by atoms with Crippen LogP contribution in [-0.4, -0.2) is 24.3 Å². The molecule has 1 aromatic rings. The van der Waals surface area contributed by atoms with Gasteiger partial charge in [0, 0.05) is 17.2 Å². The normalized spacial score (nSPS) is 10.1. The molecule has 3 amide bonds. The zero-order valence-corrected chi connectivity index (χ0v) is 10.9. The van der Waals surface area contributed by atoms with Crippen LogP contribution in [0.25, 0.3) is 0 Å². The lowest BCUT2D eigenvalue weighted by Gasteiger charge is -2.09. The molecule has 0 atom stereocenters. The van der Waals surface area contributed by atoms with Gasteiger partial charge in [0.05, 0.1) is 6.54 Å². The van der Waals surface area contributed by atoms with Crippen molar-refractivity contribution in [2.45, 2.75) is 13.8 Å². The number of nitrogens with one attached hydrogen (secondary N) is 2. The van der Waals surface area contributed by atoms with E-state index in [1.165, 1.54) is 6.07 Å². The van der Waals surface area contributed by atoms with Crippen molar-refractivity contribution in [1.82, 2.24) is 5.32 Å². The van der Waals surface area contributed by atoms with Crippen molar-refractivity contribution in [3.05, 3.63) is 29.8 Å². The number of nitrogens with two attached hydrogens (primary N) is 1. The predicted molar refractivity (Wildman–Crippen MR) is 71.4 cm³/mol. The molecule has 0 unspecified atom stereocenters. The first-order valence-electron chi connectivity index (χ1n) is 5.87. The maximum absolute atomic E-state index is 11.7. The Morgan fingerprint density at radius 1 is 1.26 bits per heavy atom. The van der Waals surface area contributed by atoms with E-state index in [0.29, 0.717) is 11.3 Å². The Kier molecular flexibility index (Phi) is 5.05. The predicted octanol–water partition coefficient (Wildman–Crippen LogP) is 0.496. The van der Waals surface area contributed by atoms with Gasteiger partial charge in [0.1, 0.15) is 0 Å². The van der Waals surface area contributed by atoms with E-state index in [4.69, 9.17) is 5.73 Å². The summed E-state index contributed by atoms with van der Waals surface area (Å²) < 4.78 is 0. The standard InChI is InChI=1S/C13H17N3O3/c1-8(2)12(18)16-10-5-3-4-9(6-10)13(19)15-7-11(14)17/h3-6,8H,7H2,1-2H3,(H2,14,17)(H,15,19)(H,16,18). The van der Waals surface area contributed by atoms with Gasteiger partial charge in [-0.3, -0.25) is 14.4 Å². The Bertz CT molecular complexity index is 498. The molecule has 0 spiro atoms. The highest BCUT2D eigenvalue weighted by Gasteiger charge is 2.10. The fourth-order valence-corrected chi connectivity index (χ4v) is 1.29. The van der Waals surface area contributed by atoms with Crippen LogP contribution >= 0.6 is 0 Å². The van der Waals surface area contributed by atoms with E-state index in [0.717, 1.165) is 0 Å². The fourth-order valence-electron chi connectivity index (χ4n) is 1.29. The number of rotatable bonds is 5. The summed E-state index contributed by atoms with van der Waals surface area (Å²) in [5.74, 6) is -1.31. The van der Waals surface area contributed by atoms with Crippen LogP contribution in [0.2, 0.25) is 0 Å². The molecule has 0 aliphatic heterocycles.